The van der Waals surface area contributed by atoms with E-state index in [0.29, 0.717) is 17.5 Å². The van der Waals surface area contributed by atoms with Crippen LogP contribution in [0.4, 0.5) is 0 Å². The molecule has 2 heterocycles. The van der Waals surface area contributed by atoms with Crippen LogP contribution in [0.5, 0.6) is 0 Å². The number of hydrogen-bond acceptors (Lipinski definition) is 4. The number of furan rings is 1. The zero-order chi connectivity index (χ0) is 34.9. The Bertz CT molecular complexity index is 3240. The highest BCUT2D eigenvalue weighted by molar-refractivity contribution is 6.18. The molecule has 0 radical (unpaired) electrons. The number of rotatable bonds is 4. The Morgan fingerprint density at radius 3 is 1.74 bits per heavy atom. The molecule has 11 rings (SSSR count). The molecule has 0 amide bonds. The molecule has 0 aliphatic rings. The Kier molecular flexibility index (Phi) is 6.52. The molecule has 0 saturated heterocycles. The van der Waals surface area contributed by atoms with Crippen LogP contribution in [0.15, 0.2) is 180 Å². The molecule has 0 atom stereocenters. The summed E-state index contributed by atoms with van der Waals surface area (Å²) in [6.45, 7) is 0. The van der Waals surface area contributed by atoms with Crippen molar-refractivity contribution in [2.24, 2.45) is 0 Å². The van der Waals surface area contributed by atoms with Gasteiger partial charge in [0.15, 0.2) is 17.5 Å². The summed E-state index contributed by atoms with van der Waals surface area (Å²) in [5, 5.41) is 11.7. The van der Waals surface area contributed by atoms with Gasteiger partial charge in [-0.25, -0.2) is 15.0 Å². The molecule has 4 heteroatoms. The fourth-order valence-corrected chi connectivity index (χ4v) is 7.97. The van der Waals surface area contributed by atoms with E-state index in [1.165, 1.54) is 32.3 Å². The van der Waals surface area contributed by atoms with E-state index in [9.17, 15) is 0 Å². The van der Waals surface area contributed by atoms with Crippen molar-refractivity contribution in [3.05, 3.63) is 176 Å². The molecule has 0 spiro atoms. The van der Waals surface area contributed by atoms with E-state index in [1.54, 1.807) is 0 Å². The van der Waals surface area contributed by atoms with Crippen LogP contribution in [0.1, 0.15) is 0 Å². The van der Waals surface area contributed by atoms with Crippen LogP contribution < -0.4 is 0 Å². The number of para-hydroxylation sites is 1. The minimum atomic E-state index is 0.620. The average molecular weight is 676 g/mol. The van der Waals surface area contributed by atoms with Crippen LogP contribution in [-0.4, -0.2) is 15.0 Å². The van der Waals surface area contributed by atoms with E-state index in [0.717, 1.165) is 60.5 Å². The van der Waals surface area contributed by atoms with E-state index >= 15 is 0 Å². The van der Waals surface area contributed by atoms with Crippen molar-refractivity contribution in [2.75, 3.05) is 0 Å². The van der Waals surface area contributed by atoms with Gasteiger partial charge in [-0.1, -0.05) is 146 Å². The highest BCUT2D eigenvalue weighted by Crippen LogP contribution is 2.41. The van der Waals surface area contributed by atoms with E-state index in [4.69, 9.17) is 19.4 Å². The average Bonchev–Trinajstić information content (AvgIpc) is 3.62. The predicted molar refractivity (Wildman–Crippen MR) is 219 cm³/mol. The topological polar surface area (TPSA) is 51.8 Å². The third-order valence-corrected chi connectivity index (χ3v) is 10.5. The second kappa shape index (κ2) is 11.7. The van der Waals surface area contributed by atoms with Gasteiger partial charge < -0.3 is 4.42 Å². The summed E-state index contributed by atoms with van der Waals surface area (Å²) < 4.78 is 6.32. The van der Waals surface area contributed by atoms with Crippen molar-refractivity contribution >= 4 is 65.0 Å². The summed E-state index contributed by atoms with van der Waals surface area (Å²) in [4.78, 5) is 15.5. The Hall–Kier alpha value is -7.17. The summed E-state index contributed by atoms with van der Waals surface area (Å²) in [6, 6.07) is 61.7. The minimum absolute atomic E-state index is 0.620. The monoisotopic (exact) mass is 675 g/mol. The number of nitrogens with zero attached hydrogens (tertiary/aromatic N) is 3. The van der Waals surface area contributed by atoms with Crippen molar-refractivity contribution < 1.29 is 4.42 Å². The summed E-state index contributed by atoms with van der Waals surface area (Å²) in [5.74, 6) is 1.88. The molecular formula is C49H29N3O. The van der Waals surface area contributed by atoms with Crippen LogP contribution in [0.25, 0.3) is 110 Å². The lowest BCUT2D eigenvalue weighted by Crippen LogP contribution is -2.00. The molecule has 246 valence electrons. The first-order valence-electron chi connectivity index (χ1n) is 17.9. The zero-order valence-electron chi connectivity index (χ0n) is 28.5. The van der Waals surface area contributed by atoms with E-state index in [2.05, 4.69) is 140 Å². The van der Waals surface area contributed by atoms with E-state index in [-0.39, 0.29) is 0 Å². The molecule has 0 aliphatic carbocycles. The number of benzene rings is 9. The molecule has 0 fully saturated rings. The van der Waals surface area contributed by atoms with Crippen LogP contribution in [0, 0.1) is 0 Å². The minimum Gasteiger partial charge on any atom is -0.456 e. The van der Waals surface area contributed by atoms with Gasteiger partial charge in [-0.3, -0.25) is 0 Å². The van der Waals surface area contributed by atoms with Gasteiger partial charge in [-0.05, 0) is 84.5 Å². The first kappa shape index (κ1) is 29.5. The summed E-state index contributed by atoms with van der Waals surface area (Å²) >= 11 is 0. The maximum Gasteiger partial charge on any atom is 0.164 e. The predicted octanol–water partition coefficient (Wildman–Crippen LogP) is 13.1. The Labute approximate surface area is 304 Å². The van der Waals surface area contributed by atoms with Crippen molar-refractivity contribution in [2.45, 2.75) is 0 Å². The third-order valence-electron chi connectivity index (χ3n) is 10.5. The van der Waals surface area contributed by atoms with Gasteiger partial charge in [0.25, 0.3) is 0 Å². The van der Waals surface area contributed by atoms with Gasteiger partial charge in [0.1, 0.15) is 11.2 Å². The Balaban J connectivity index is 1.15. The smallest absolute Gasteiger partial charge is 0.164 e. The zero-order valence-corrected chi connectivity index (χ0v) is 28.5. The fourth-order valence-electron chi connectivity index (χ4n) is 7.97. The van der Waals surface area contributed by atoms with Crippen LogP contribution >= 0.6 is 0 Å². The summed E-state index contributed by atoms with van der Waals surface area (Å²) in [5.41, 5.74) is 6.74. The van der Waals surface area contributed by atoms with Crippen LogP contribution in [-0.2, 0) is 0 Å². The lowest BCUT2D eigenvalue weighted by Gasteiger charge is -2.13. The van der Waals surface area contributed by atoms with Crippen molar-refractivity contribution in [3.8, 4) is 45.3 Å². The Morgan fingerprint density at radius 1 is 0.302 bits per heavy atom. The highest BCUT2D eigenvalue weighted by atomic mass is 16.3. The normalized spacial score (nSPS) is 11.8. The lowest BCUT2D eigenvalue weighted by molar-refractivity contribution is 0.669. The highest BCUT2D eigenvalue weighted by Gasteiger charge is 2.18. The number of aromatic nitrogens is 3. The van der Waals surface area contributed by atoms with Crippen molar-refractivity contribution in [1.82, 2.24) is 15.0 Å². The molecule has 9 aromatic carbocycles. The second-order valence-corrected chi connectivity index (χ2v) is 13.6. The molecule has 0 N–H and O–H groups in total. The van der Waals surface area contributed by atoms with Crippen LogP contribution in [0.2, 0.25) is 0 Å². The molecule has 0 unspecified atom stereocenters. The fraction of sp³-hybridized carbons (Fsp3) is 0. The third kappa shape index (κ3) is 4.80. The van der Waals surface area contributed by atoms with E-state index in [1.807, 2.05) is 36.4 Å². The number of fused-ring (bicyclic) bond motifs is 9. The Morgan fingerprint density at radius 2 is 0.906 bits per heavy atom. The van der Waals surface area contributed by atoms with Gasteiger partial charge in [0.2, 0.25) is 0 Å². The van der Waals surface area contributed by atoms with Crippen molar-refractivity contribution in [3.63, 3.8) is 0 Å². The lowest BCUT2D eigenvalue weighted by atomic mass is 9.92. The molecular weight excluding hydrogens is 647 g/mol. The van der Waals surface area contributed by atoms with Gasteiger partial charge in [-0.15, -0.1) is 0 Å². The van der Waals surface area contributed by atoms with Crippen LogP contribution in [0.3, 0.4) is 0 Å². The van der Waals surface area contributed by atoms with Gasteiger partial charge in [0.05, 0.1) is 0 Å². The second-order valence-electron chi connectivity index (χ2n) is 13.6. The van der Waals surface area contributed by atoms with Gasteiger partial charge >= 0.3 is 0 Å². The molecule has 2 aromatic heterocycles. The molecule has 11 aromatic rings. The molecule has 0 bridgehead atoms. The van der Waals surface area contributed by atoms with Crippen molar-refractivity contribution in [1.29, 1.82) is 0 Å². The maximum absolute atomic E-state index is 6.32. The molecule has 53 heavy (non-hydrogen) atoms. The summed E-state index contributed by atoms with van der Waals surface area (Å²) in [7, 11) is 0. The first-order valence-corrected chi connectivity index (χ1v) is 17.9. The molecule has 0 aliphatic heterocycles. The molecule has 4 nitrogen and oxygen atoms in total. The van der Waals surface area contributed by atoms with Gasteiger partial charge in [-0.2, -0.15) is 0 Å². The largest absolute Gasteiger partial charge is 0.456 e. The first-order chi connectivity index (χ1) is 26.2. The maximum atomic E-state index is 6.32. The number of hydrogen-bond donors (Lipinski definition) is 0. The van der Waals surface area contributed by atoms with E-state index < -0.39 is 0 Å². The standard InChI is InChI=1S/C49H29N3O/c1-2-12-32(13-3-1)47-50-48(34-22-21-31-24-25-38-36-15-6-4-11-30(36)23-26-39(38)42(31)28-34)52-49(51-47)35-27-33-14-5-7-16-37(33)43(29-35)40-18-10-20-45-46(40)41-17-8-9-19-44(41)53-45/h1-29H. The molecule has 0 saturated carbocycles. The SMILES string of the molecule is c1ccc(-c2nc(-c3cc(-c4cccc5oc6ccccc6c45)c4ccccc4c3)nc(-c3ccc4ccc5c6ccccc6ccc5c4c3)n2)cc1. The summed E-state index contributed by atoms with van der Waals surface area (Å²) in [6.07, 6.45) is 0. The quantitative estimate of drug-likeness (QED) is 0.174. The van der Waals surface area contributed by atoms with Gasteiger partial charge in [0, 0.05) is 27.5 Å².